The van der Waals surface area contributed by atoms with Crippen LogP contribution >= 0.6 is 11.8 Å². The number of nitrogens with zero attached hydrogens (tertiary/aromatic N) is 3. The Morgan fingerprint density at radius 2 is 2.03 bits per heavy atom. The zero-order valence-corrected chi connectivity index (χ0v) is 16.0. The number of aliphatic imine (C=N–C) groups is 1. The van der Waals surface area contributed by atoms with Crippen molar-refractivity contribution in [3.05, 3.63) is 52.4 Å². The summed E-state index contributed by atoms with van der Waals surface area (Å²) in [5.74, 6) is 0.846. The van der Waals surface area contributed by atoms with Gasteiger partial charge in [-0.1, -0.05) is 17.7 Å². The number of azo groups is 1. The summed E-state index contributed by atoms with van der Waals surface area (Å²) in [6.45, 7) is 2.14. The van der Waals surface area contributed by atoms with E-state index in [-0.39, 0.29) is 23.7 Å². The summed E-state index contributed by atoms with van der Waals surface area (Å²) in [6, 6.07) is 11.1. The molecule has 0 unspecified atom stereocenters. The van der Waals surface area contributed by atoms with E-state index >= 15 is 0 Å². The fraction of sp³-hybridized carbons (Fsp3) is 0.100. The number of amides is 1. The molecule has 1 amide bonds. The standard InChI is InChI=1S/C20H14N4O4S/c1-10-2-4-13-12(6-10)17(19(26)21-13)23-24-20-22-18(25)16(29-20)8-11-3-5-14-15(7-11)28-9-27-14/h2-8,21,26H,9H2,1H3/b16-8+,24-23?. The van der Waals surface area contributed by atoms with Crippen molar-refractivity contribution in [3.63, 3.8) is 0 Å². The van der Waals surface area contributed by atoms with E-state index in [2.05, 4.69) is 20.2 Å². The monoisotopic (exact) mass is 406 g/mol. The molecule has 0 atom stereocenters. The molecule has 2 aliphatic heterocycles. The highest BCUT2D eigenvalue weighted by Gasteiger charge is 2.23. The molecule has 3 aromatic rings. The van der Waals surface area contributed by atoms with E-state index in [1.165, 1.54) is 0 Å². The lowest BCUT2D eigenvalue weighted by molar-refractivity contribution is -0.113. The smallest absolute Gasteiger partial charge is 0.286 e. The second kappa shape index (κ2) is 6.78. The lowest BCUT2D eigenvalue weighted by atomic mass is 10.2. The van der Waals surface area contributed by atoms with Crippen LogP contribution in [0.25, 0.3) is 17.0 Å². The van der Waals surface area contributed by atoms with Crippen LogP contribution in [0.3, 0.4) is 0 Å². The summed E-state index contributed by atoms with van der Waals surface area (Å²) >= 11 is 1.12. The number of rotatable bonds is 2. The number of carbonyl (C=O) groups is 1. The van der Waals surface area contributed by atoms with Crippen molar-refractivity contribution in [3.8, 4) is 17.4 Å². The number of aromatic amines is 1. The fourth-order valence-electron chi connectivity index (χ4n) is 3.07. The SMILES string of the molecule is Cc1ccc2[nH]c(O)c(N=NC3=NC(=O)/C(=C\c4ccc5c(c4)OCO5)S3)c2c1. The molecule has 2 aliphatic rings. The van der Waals surface area contributed by atoms with Gasteiger partial charge in [-0.3, -0.25) is 4.79 Å². The summed E-state index contributed by atoms with van der Waals surface area (Å²) in [6.07, 6.45) is 1.72. The van der Waals surface area contributed by atoms with Crippen molar-refractivity contribution in [1.29, 1.82) is 0 Å². The third kappa shape index (κ3) is 3.25. The highest BCUT2D eigenvalue weighted by molar-refractivity contribution is 8.18. The van der Waals surface area contributed by atoms with Gasteiger partial charge in [0.2, 0.25) is 17.8 Å². The normalized spacial score (nSPS) is 17.1. The Morgan fingerprint density at radius 3 is 2.93 bits per heavy atom. The lowest BCUT2D eigenvalue weighted by Gasteiger charge is -1.98. The van der Waals surface area contributed by atoms with Gasteiger partial charge in [0.1, 0.15) is 0 Å². The van der Waals surface area contributed by atoms with Gasteiger partial charge < -0.3 is 19.6 Å². The van der Waals surface area contributed by atoms with Crippen LogP contribution in [0.15, 0.2) is 56.5 Å². The van der Waals surface area contributed by atoms with Gasteiger partial charge >= 0.3 is 0 Å². The second-order valence-electron chi connectivity index (χ2n) is 6.49. The van der Waals surface area contributed by atoms with Crippen molar-refractivity contribution in [1.82, 2.24) is 4.98 Å². The molecule has 0 fully saturated rings. The summed E-state index contributed by atoms with van der Waals surface area (Å²) in [7, 11) is 0. The molecule has 144 valence electrons. The van der Waals surface area contributed by atoms with Gasteiger partial charge in [-0.2, -0.15) is 4.99 Å². The van der Waals surface area contributed by atoms with Crippen molar-refractivity contribution < 1.29 is 19.4 Å². The molecule has 2 aromatic carbocycles. The topological polar surface area (TPSA) is 109 Å². The zero-order chi connectivity index (χ0) is 20.0. The molecule has 5 rings (SSSR count). The van der Waals surface area contributed by atoms with Crippen LogP contribution in [-0.4, -0.2) is 28.0 Å². The zero-order valence-electron chi connectivity index (χ0n) is 15.2. The summed E-state index contributed by atoms with van der Waals surface area (Å²) in [4.78, 5) is 19.4. The first-order valence-electron chi connectivity index (χ1n) is 8.72. The molecule has 9 heteroatoms. The number of aromatic hydroxyl groups is 1. The van der Waals surface area contributed by atoms with Gasteiger partial charge in [0, 0.05) is 5.39 Å². The first kappa shape index (κ1) is 17.5. The van der Waals surface area contributed by atoms with E-state index in [1.54, 1.807) is 18.2 Å². The summed E-state index contributed by atoms with van der Waals surface area (Å²) in [5.41, 5.74) is 2.89. The number of hydrogen-bond donors (Lipinski definition) is 2. The number of ether oxygens (including phenoxy) is 2. The summed E-state index contributed by atoms with van der Waals surface area (Å²) < 4.78 is 10.6. The number of amidine groups is 1. The molecule has 0 aliphatic carbocycles. The maximum atomic E-state index is 12.2. The van der Waals surface area contributed by atoms with Crippen LogP contribution < -0.4 is 9.47 Å². The van der Waals surface area contributed by atoms with Crippen LogP contribution in [0.4, 0.5) is 5.69 Å². The number of nitrogens with one attached hydrogen (secondary N) is 1. The number of aromatic nitrogens is 1. The van der Waals surface area contributed by atoms with Crippen molar-refractivity contribution in [2.45, 2.75) is 6.92 Å². The molecule has 8 nitrogen and oxygen atoms in total. The minimum absolute atomic E-state index is 0.0830. The Bertz CT molecular complexity index is 1260. The molecular formula is C20H14N4O4S. The van der Waals surface area contributed by atoms with Crippen LogP contribution in [-0.2, 0) is 4.79 Å². The third-order valence-electron chi connectivity index (χ3n) is 4.45. The Hall–Kier alpha value is -3.59. The van der Waals surface area contributed by atoms with E-state index < -0.39 is 0 Å². The molecule has 29 heavy (non-hydrogen) atoms. The molecule has 2 N–H and O–H groups in total. The first-order chi connectivity index (χ1) is 14.1. The molecule has 0 saturated heterocycles. The number of carbonyl (C=O) groups excluding carboxylic acids is 1. The molecule has 3 heterocycles. The van der Waals surface area contributed by atoms with Crippen LogP contribution in [0.1, 0.15) is 11.1 Å². The third-order valence-corrected chi connectivity index (χ3v) is 5.31. The number of benzene rings is 2. The summed E-state index contributed by atoms with van der Waals surface area (Å²) in [5, 5.41) is 19.3. The van der Waals surface area contributed by atoms with Crippen molar-refractivity contribution in [2.75, 3.05) is 6.79 Å². The lowest BCUT2D eigenvalue weighted by Crippen LogP contribution is -1.92. The molecule has 1 aromatic heterocycles. The number of hydrogen-bond acceptors (Lipinski definition) is 7. The van der Waals surface area contributed by atoms with Gasteiger partial charge in [0.05, 0.1) is 10.4 Å². The average Bonchev–Trinajstić information content (AvgIpc) is 3.37. The number of aryl methyl sites for hydroxylation is 1. The van der Waals surface area contributed by atoms with Gasteiger partial charge in [-0.05, 0) is 54.6 Å². The first-order valence-corrected chi connectivity index (χ1v) is 9.54. The van der Waals surface area contributed by atoms with Crippen LogP contribution in [0.5, 0.6) is 17.4 Å². The largest absolute Gasteiger partial charge is 0.493 e. The number of H-pyrrole nitrogens is 1. The van der Waals surface area contributed by atoms with Crippen molar-refractivity contribution in [2.24, 2.45) is 15.2 Å². The van der Waals surface area contributed by atoms with Gasteiger partial charge in [-0.25, -0.2) is 0 Å². The minimum atomic E-state index is -0.388. The maximum absolute atomic E-state index is 12.2. The molecule has 0 bridgehead atoms. The van der Waals surface area contributed by atoms with E-state index in [0.717, 1.165) is 33.8 Å². The number of thioether (sulfide) groups is 1. The maximum Gasteiger partial charge on any atom is 0.286 e. The second-order valence-corrected chi connectivity index (χ2v) is 7.50. The van der Waals surface area contributed by atoms with Gasteiger partial charge in [0.25, 0.3) is 5.91 Å². The van der Waals surface area contributed by atoms with E-state index in [0.29, 0.717) is 22.1 Å². The van der Waals surface area contributed by atoms with Crippen LogP contribution in [0, 0.1) is 6.92 Å². The van der Waals surface area contributed by atoms with E-state index in [4.69, 9.17) is 9.47 Å². The Labute approximate surface area is 169 Å². The molecular weight excluding hydrogens is 392 g/mol. The Balaban J connectivity index is 1.39. The van der Waals surface area contributed by atoms with Gasteiger partial charge in [0.15, 0.2) is 17.2 Å². The van der Waals surface area contributed by atoms with Crippen LogP contribution in [0.2, 0.25) is 0 Å². The molecule has 0 radical (unpaired) electrons. The fourth-order valence-corrected chi connectivity index (χ4v) is 3.80. The van der Waals surface area contributed by atoms with E-state index in [1.807, 2.05) is 31.2 Å². The Morgan fingerprint density at radius 1 is 1.17 bits per heavy atom. The highest BCUT2D eigenvalue weighted by atomic mass is 32.2. The molecule has 0 saturated carbocycles. The number of fused-ring (bicyclic) bond motifs is 2. The quantitative estimate of drug-likeness (QED) is 0.475. The highest BCUT2D eigenvalue weighted by Crippen LogP contribution is 2.38. The predicted molar refractivity (Wildman–Crippen MR) is 110 cm³/mol. The molecule has 0 spiro atoms. The predicted octanol–water partition coefficient (Wildman–Crippen LogP) is 4.66. The average molecular weight is 406 g/mol. The van der Waals surface area contributed by atoms with Crippen molar-refractivity contribution >= 4 is 45.5 Å². The minimum Gasteiger partial charge on any atom is -0.493 e. The van der Waals surface area contributed by atoms with E-state index in [9.17, 15) is 9.90 Å². The Kier molecular flexibility index (Phi) is 4.09. The van der Waals surface area contributed by atoms with Gasteiger partial charge in [-0.15, -0.1) is 10.2 Å².